The van der Waals surface area contributed by atoms with E-state index in [9.17, 15) is 9.59 Å². The maximum Gasteiger partial charge on any atom is 0.258 e. The second kappa shape index (κ2) is 8.33. The van der Waals surface area contributed by atoms with Crippen molar-refractivity contribution in [1.29, 1.82) is 0 Å². The topological polar surface area (TPSA) is 78.1 Å². The van der Waals surface area contributed by atoms with Crippen LogP contribution in [0.4, 0.5) is 5.69 Å². The molecule has 0 aliphatic carbocycles. The molecule has 0 radical (unpaired) electrons. The minimum atomic E-state index is -0.178. The van der Waals surface area contributed by atoms with Gasteiger partial charge in [-0.05, 0) is 43.3 Å². The smallest absolute Gasteiger partial charge is 0.258 e. The number of nitrogens with one attached hydrogen (secondary N) is 2. The average molecular weight is 385 g/mol. The number of aromatic amines is 1. The van der Waals surface area contributed by atoms with Crippen molar-refractivity contribution in [2.45, 2.75) is 20.4 Å². The van der Waals surface area contributed by atoms with Gasteiger partial charge in [-0.2, -0.15) is 0 Å². The van der Waals surface area contributed by atoms with E-state index < -0.39 is 0 Å². The lowest BCUT2D eigenvalue weighted by Gasteiger charge is -2.19. The molecule has 2 N–H and O–H groups in total. The molecule has 7 heteroatoms. The van der Waals surface area contributed by atoms with Crippen LogP contribution in [0.3, 0.4) is 0 Å². The zero-order valence-electron chi connectivity index (χ0n) is 15.3. The Morgan fingerprint density at radius 2 is 2.04 bits per heavy atom. The largest absolute Gasteiger partial charge is 0.324 e. The SMILES string of the molecule is CCN(CC(=O)Nc1ccc(C)cc1Cl)Cc1nc2ccccc2c(=O)[nH]1. The van der Waals surface area contributed by atoms with Gasteiger partial charge in [0.05, 0.1) is 34.7 Å². The molecule has 3 aromatic rings. The fourth-order valence-electron chi connectivity index (χ4n) is 2.82. The molecule has 0 spiro atoms. The molecular formula is C20H21ClN4O2. The summed E-state index contributed by atoms with van der Waals surface area (Å²) in [5.41, 5.74) is 2.07. The summed E-state index contributed by atoms with van der Waals surface area (Å²) in [6.45, 7) is 5.05. The second-order valence-electron chi connectivity index (χ2n) is 6.36. The number of hydrogen-bond acceptors (Lipinski definition) is 4. The lowest BCUT2D eigenvalue weighted by molar-refractivity contribution is -0.117. The van der Waals surface area contributed by atoms with Crippen molar-refractivity contribution in [3.05, 3.63) is 69.2 Å². The van der Waals surface area contributed by atoms with Gasteiger partial charge in [-0.1, -0.05) is 36.7 Å². The van der Waals surface area contributed by atoms with Crippen molar-refractivity contribution < 1.29 is 4.79 Å². The number of benzene rings is 2. The number of H-pyrrole nitrogens is 1. The van der Waals surface area contributed by atoms with Crippen LogP contribution in [-0.2, 0) is 11.3 Å². The van der Waals surface area contributed by atoms with Gasteiger partial charge >= 0.3 is 0 Å². The fraction of sp³-hybridized carbons (Fsp3) is 0.250. The Bertz CT molecular complexity index is 1030. The third-order valence-electron chi connectivity index (χ3n) is 4.25. The summed E-state index contributed by atoms with van der Waals surface area (Å²) in [5, 5.41) is 3.88. The van der Waals surface area contributed by atoms with Crippen LogP contribution >= 0.6 is 11.6 Å². The van der Waals surface area contributed by atoms with E-state index in [0.29, 0.717) is 40.5 Å². The Morgan fingerprint density at radius 3 is 2.78 bits per heavy atom. The van der Waals surface area contributed by atoms with Gasteiger partial charge in [0, 0.05) is 0 Å². The first kappa shape index (κ1) is 19.1. The van der Waals surface area contributed by atoms with Gasteiger partial charge in [0.1, 0.15) is 5.82 Å². The van der Waals surface area contributed by atoms with Crippen LogP contribution in [0.15, 0.2) is 47.3 Å². The molecule has 0 saturated heterocycles. The molecule has 0 bridgehead atoms. The molecule has 0 fully saturated rings. The summed E-state index contributed by atoms with van der Waals surface area (Å²) in [7, 11) is 0. The lowest BCUT2D eigenvalue weighted by atomic mass is 10.2. The maximum absolute atomic E-state index is 12.4. The van der Waals surface area contributed by atoms with E-state index in [0.717, 1.165) is 5.56 Å². The number of aryl methyl sites for hydroxylation is 1. The number of amides is 1. The van der Waals surface area contributed by atoms with E-state index >= 15 is 0 Å². The lowest BCUT2D eigenvalue weighted by Crippen LogP contribution is -2.34. The number of para-hydroxylation sites is 1. The Hall–Kier alpha value is -2.70. The number of rotatable bonds is 6. The van der Waals surface area contributed by atoms with Crippen molar-refractivity contribution in [2.75, 3.05) is 18.4 Å². The number of halogens is 1. The first-order valence-corrected chi connectivity index (χ1v) is 9.10. The van der Waals surface area contributed by atoms with Crippen LogP contribution < -0.4 is 10.9 Å². The predicted octanol–water partition coefficient (Wildman–Crippen LogP) is 3.35. The first-order valence-electron chi connectivity index (χ1n) is 8.72. The molecule has 6 nitrogen and oxygen atoms in total. The molecule has 1 aromatic heterocycles. The number of fused-ring (bicyclic) bond motifs is 1. The van der Waals surface area contributed by atoms with E-state index in [-0.39, 0.29) is 18.0 Å². The van der Waals surface area contributed by atoms with E-state index in [4.69, 9.17) is 11.6 Å². The molecule has 3 rings (SSSR count). The average Bonchev–Trinajstić information content (AvgIpc) is 2.63. The highest BCUT2D eigenvalue weighted by Gasteiger charge is 2.13. The van der Waals surface area contributed by atoms with Gasteiger partial charge in [0.25, 0.3) is 5.56 Å². The number of hydrogen-bond donors (Lipinski definition) is 2. The van der Waals surface area contributed by atoms with Crippen LogP contribution in [0.2, 0.25) is 5.02 Å². The Balaban J connectivity index is 1.70. The van der Waals surface area contributed by atoms with Crippen molar-refractivity contribution in [1.82, 2.24) is 14.9 Å². The molecule has 0 saturated carbocycles. The minimum Gasteiger partial charge on any atom is -0.324 e. The summed E-state index contributed by atoms with van der Waals surface area (Å²) in [5.74, 6) is 0.354. The summed E-state index contributed by atoms with van der Waals surface area (Å²) < 4.78 is 0. The standard InChI is InChI=1S/C20H21ClN4O2/c1-3-25(12-19(26)23-17-9-8-13(2)10-15(17)21)11-18-22-16-7-5-4-6-14(16)20(27)24-18/h4-10H,3,11-12H2,1-2H3,(H,23,26)(H,22,24,27). The molecular weight excluding hydrogens is 364 g/mol. The molecule has 27 heavy (non-hydrogen) atoms. The van der Waals surface area contributed by atoms with Crippen LogP contribution in [-0.4, -0.2) is 33.9 Å². The molecule has 0 aliphatic rings. The number of carbonyl (C=O) groups is 1. The summed E-state index contributed by atoms with van der Waals surface area (Å²) in [4.78, 5) is 33.7. The Labute approximate surface area is 162 Å². The van der Waals surface area contributed by atoms with E-state index in [2.05, 4.69) is 15.3 Å². The zero-order valence-corrected chi connectivity index (χ0v) is 16.0. The molecule has 0 atom stereocenters. The number of likely N-dealkylation sites (N-methyl/N-ethyl adjacent to an activating group) is 1. The number of aromatic nitrogens is 2. The zero-order chi connectivity index (χ0) is 19.4. The van der Waals surface area contributed by atoms with E-state index in [1.807, 2.05) is 30.9 Å². The van der Waals surface area contributed by atoms with Gasteiger partial charge in [-0.3, -0.25) is 14.5 Å². The van der Waals surface area contributed by atoms with Crippen LogP contribution in [0, 0.1) is 6.92 Å². The van der Waals surface area contributed by atoms with Crippen molar-refractivity contribution in [3.8, 4) is 0 Å². The summed E-state index contributed by atoms with van der Waals surface area (Å²) >= 11 is 6.17. The maximum atomic E-state index is 12.4. The van der Waals surface area contributed by atoms with Crippen LogP contribution in [0.5, 0.6) is 0 Å². The van der Waals surface area contributed by atoms with Crippen LogP contribution in [0.1, 0.15) is 18.3 Å². The van der Waals surface area contributed by atoms with Crippen LogP contribution in [0.25, 0.3) is 10.9 Å². The summed E-state index contributed by atoms with van der Waals surface area (Å²) in [6.07, 6.45) is 0. The Kier molecular flexibility index (Phi) is 5.88. The quantitative estimate of drug-likeness (QED) is 0.683. The number of nitrogens with zero attached hydrogens (tertiary/aromatic N) is 2. The highest BCUT2D eigenvalue weighted by molar-refractivity contribution is 6.33. The van der Waals surface area contributed by atoms with Crippen molar-refractivity contribution >= 4 is 34.1 Å². The molecule has 2 aromatic carbocycles. The molecule has 0 aliphatic heterocycles. The molecule has 140 valence electrons. The van der Waals surface area contributed by atoms with Crippen molar-refractivity contribution in [2.24, 2.45) is 0 Å². The second-order valence-corrected chi connectivity index (χ2v) is 6.77. The minimum absolute atomic E-state index is 0.164. The summed E-state index contributed by atoms with van der Waals surface area (Å²) in [6, 6.07) is 12.7. The van der Waals surface area contributed by atoms with Gasteiger partial charge < -0.3 is 10.3 Å². The Morgan fingerprint density at radius 1 is 1.26 bits per heavy atom. The molecule has 1 amide bonds. The molecule has 1 heterocycles. The van der Waals surface area contributed by atoms with Gasteiger partial charge in [-0.15, -0.1) is 0 Å². The van der Waals surface area contributed by atoms with Crippen molar-refractivity contribution in [3.63, 3.8) is 0 Å². The van der Waals surface area contributed by atoms with Gasteiger partial charge in [0.15, 0.2) is 0 Å². The molecule has 0 unspecified atom stereocenters. The normalized spacial score (nSPS) is 11.1. The predicted molar refractivity (Wildman–Crippen MR) is 108 cm³/mol. The number of carbonyl (C=O) groups excluding carboxylic acids is 1. The third-order valence-corrected chi connectivity index (χ3v) is 4.56. The monoisotopic (exact) mass is 384 g/mol. The highest BCUT2D eigenvalue weighted by atomic mass is 35.5. The number of anilines is 1. The van der Waals surface area contributed by atoms with E-state index in [1.54, 1.807) is 30.3 Å². The highest BCUT2D eigenvalue weighted by Crippen LogP contribution is 2.22. The fourth-order valence-corrected chi connectivity index (χ4v) is 3.10. The van der Waals surface area contributed by atoms with Gasteiger partial charge in [0.2, 0.25) is 5.91 Å². The first-order chi connectivity index (χ1) is 13.0. The third kappa shape index (κ3) is 4.72. The van der Waals surface area contributed by atoms with Gasteiger partial charge in [-0.25, -0.2) is 4.98 Å². The van der Waals surface area contributed by atoms with E-state index in [1.165, 1.54) is 0 Å².